The van der Waals surface area contributed by atoms with Crippen molar-refractivity contribution in [1.29, 1.82) is 0 Å². The summed E-state index contributed by atoms with van der Waals surface area (Å²) in [5, 5.41) is 2.72. The third-order valence-electron chi connectivity index (χ3n) is 2.88. The van der Waals surface area contributed by atoms with Gasteiger partial charge in [0.15, 0.2) is 0 Å². The molecule has 0 spiro atoms. The van der Waals surface area contributed by atoms with E-state index < -0.39 is 17.8 Å². The lowest BCUT2D eigenvalue weighted by molar-refractivity contribution is -0.137. The van der Waals surface area contributed by atoms with Crippen LogP contribution in [0.2, 0.25) is 4.34 Å². The van der Waals surface area contributed by atoms with Crippen molar-refractivity contribution in [2.45, 2.75) is 19.1 Å². The lowest BCUT2D eigenvalue weighted by atomic mass is 10.1. The predicted molar refractivity (Wildman–Crippen MR) is 76.7 cm³/mol. The zero-order valence-corrected chi connectivity index (χ0v) is 12.4. The molecule has 0 aliphatic heterocycles. The maximum atomic E-state index is 12.5. The molecule has 1 aromatic heterocycles. The molecule has 0 radical (unpaired) electrons. The Hall–Kier alpha value is -1.53. The van der Waals surface area contributed by atoms with Crippen molar-refractivity contribution in [3.8, 4) is 0 Å². The van der Waals surface area contributed by atoms with E-state index in [1.807, 2.05) is 0 Å². The van der Waals surface area contributed by atoms with Gasteiger partial charge in [-0.15, -0.1) is 11.3 Å². The molecule has 7 heteroatoms. The van der Waals surface area contributed by atoms with Crippen molar-refractivity contribution >= 4 is 28.8 Å². The first-order valence-corrected chi connectivity index (χ1v) is 7.20. The molecule has 21 heavy (non-hydrogen) atoms. The molecule has 1 aromatic carbocycles. The Morgan fingerprint density at radius 1 is 1.19 bits per heavy atom. The third kappa shape index (κ3) is 3.98. The number of amides is 1. The number of carbonyl (C=O) groups excluding carboxylic acids is 1. The number of nitrogens with one attached hydrogen (secondary N) is 1. The Morgan fingerprint density at radius 3 is 2.29 bits per heavy atom. The molecule has 0 aliphatic carbocycles. The third-order valence-corrected chi connectivity index (χ3v) is 4.11. The summed E-state index contributed by atoms with van der Waals surface area (Å²) >= 11 is 6.89. The Balaban J connectivity index is 2.06. The molecule has 2 aromatic rings. The summed E-state index contributed by atoms with van der Waals surface area (Å²) in [6.07, 6.45) is -4.36. The Morgan fingerprint density at radius 2 is 1.81 bits per heavy atom. The fraction of sp³-hybridized carbons (Fsp3) is 0.214. The number of benzene rings is 1. The minimum absolute atomic E-state index is 0.306. The van der Waals surface area contributed by atoms with Gasteiger partial charge in [0.05, 0.1) is 20.8 Å². The molecule has 0 saturated carbocycles. The van der Waals surface area contributed by atoms with Gasteiger partial charge >= 0.3 is 6.18 Å². The number of carbonyl (C=O) groups is 1. The van der Waals surface area contributed by atoms with Crippen LogP contribution < -0.4 is 5.32 Å². The number of hydrogen-bond acceptors (Lipinski definition) is 2. The van der Waals surface area contributed by atoms with Crippen LogP contribution in [0.4, 0.5) is 13.2 Å². The molecule has 1 unspecified atom stereocenters. The molecule has 2 nitrogen and oxygen atoms in total. The van der Waals surface area contributed by atoms with Crippen molar-refractivity contribution in [3.63, 3.8) is 0 Å². The maximum Gasteiger partial charge on any atom is 0.416 e. The van der Waals surface area contributed by atoms with Gasteiger partial charge in [-0.3, -0.25) is 4.79 Å². The van der Waals surface area contributed by atoms with E-state index in [1.54, 1.807) is 19.1 Å². The normalized spacial score (nSPS) is 13.0. The van der Waals surface area contributed by atoms with E-state index in [0.29, 0.717) is 14.8 Å². The average molecular weight is 334 g/mol. The van der Waals surface area contributed by atoms with Crippen LogP contribution in [0.5, 0.6) is 0 Å². The van der Waals surface area contributed by atoms with Crippen molar-refractivity contribution in [2.75, 3.05) is 0 Å². The molecule has 2 rings (SSSR count). The second-order valence-corrected chi connectivity index (χ2v) is 6.13. The lowest BCUT2D eigenvalue weighted by Gasteiger charge is -2.15. The predicted octanol–water partition coefficient (Wildman–Crippen LogP) is 4.91. The maximum absolute atomic E-state index is 12.5. The standard InChI is InChI=1S/C14H11ClF3NOS/c1-8(19-13(20)11-6-7-12(15)21-11)9-2-4-10(5-3-9)14(16,17)18/h2-8H,1H3,(H,19,20). The fourth-order valence-electron chi connectivity index (χ4n) is 1.75. The Bertz CT molecular complexity index is 636. The van der Waals surface area contributed by atoms with E-state index in [4.69, 9.17) is 11.6 Å². The molecule has 0 aliphatic rings. The highest BCUT2D eigenvalue weighted by molar-refractivity contribution is 7.17. The number of hydrogen-bond donors (Lipinski definition) is 1. The summed E-state index contributed by atoms with van der Waals surface area (Å²) in [5.74, 6) is -0.306. The first kappa shape index (κ1) is 15.9. The number of halogens is 4. The summed E-state index contributed by atoms with van der Waals surface area (Å²) in [7, 11) is 0. The molecule has 112 valence electrons. The van der Waals surface area contributed by atoms with Gasteiger partial charge in [0.1, 0.15) is 0 Å². The van der Waals surface area contributed by atoms with Crippen molar-refractivity contribution < 1.29 is 18.0 Å². The molecule has 1 atom stereocenters. The molecule has 0 fully saturated rings. The van der Waals surface area contributed by atoms with Crippen LogP contribution >= 0.6 is 22.9 Å². The first-order chi connectivity index (χ1) is 9.77. The Kier molecular flexibility index (Phi) is 4.58. The fourth-order valence-corrected chi connectivity index (χ4v) is 2.69. The zero-order valence-electron chi connectivity index (χ0n) is 10.9. The minimum atomic E-state index is -4.36. The number of alkyl halides is 3. The second-order valence-electron chi connectivity index (χ2n) is 4.42. The zero-order chi connectivity index (χ0) is 15.6. The van der Waals surface area contributed by atoms with E-state index in [0.717, 1.165) is 23.5 Å². The van der Waals surface area contributed by atoms with Crippen molar-refractivity contribution in [3.05, 3.63) is 56.7 Å². The Labute approximate surface area is 128 Å². The highest BCUT2D eigenvalue weighted by atomic mass is 35.5. The largest absolute Gasteiger partial charge is 0.416 e. The van der Waals surface area contributed by atoms with Gasteiger partial charge in [0.2, 0.25) is 0 Å². The van der Waals surface area contributed by atoms with Crippen LogP contribution in [0, 0.1) is 0 Å². The summed E-state index contributed by atoms with van der Waals surface area (Å²) in [6, 6.07) is 7.52. The quantitative estimate of drug-likeness (QED) is 0.849. The number of rotatable bonds is 3. The molecule has 1 amide bonds. The smallest absolute Gasteiger partial charge is 0.345 e. The number of thiophene rings is 1. The highest BCUT2D eigenvalue weighted by Crippen LogP contribution is 2.30. The molecule has 0 saturated heterocycles. The SMILES string of the molecule is CC(NC(=O)c1ccc(Cl)s1)c1ccc(C(F)(F)F)cc1. The van der Waals surface area contributed by atoms with Crippen LogP contribution in [0.3, 0.4) is 0 Å². The highest BCUT2D eigenvalue weighted by Gasteiger charge is 2.30. The van der Waals surface area contributed by atoms with Crippen LogP contribution in [-0.4, -0.2) is 5.91 Å². The summed E-state index contributed by atoms with van der Waals surface area (Å²) < 4.78 is 37.9. The van der Waals surface area contributed by atoms with Gasteiger partial charge in [-0.1, -0.05) is 23.7 Å². The average Bonchev–Trinajstić information content (AvgIpc) is 2.84. The second kappa shape index (κ2) is 6.07. The van der Waals surface area contributed by atoms with Gasteiger partial charge in [-0.2, -0.15) is 13.2 Å². The molecule has 1 N–H and O–H groups in total. The topological polar surface area (TPSA) is 29.1 Å². The van der Waals surface area contributed by atoms with Crippen molar-refractivity contribution in [2.24, 2.45) is 0 Å². The molecule has 0 bridgehead atoms. The first-order valence-electron chi connectivity index (χ1n) is 6.01. The molecule has 1 heterocycles. The van der Waals surface area contributed by atoms with Gasteiger partial charge in [0.25, 0.3) is 5.91 Å². The van der Waals surface area contributed by atoms with Gasteiger partial charge < -0.3 is 5.32 Å². The van der Waals surface area contributed by atoms with Gasteiger partial charge in [0, 0.05) is 0 Å². The van der Waals surface area contributed by atoms with Gasteiger partial charge in [-0.25, -0.2) is 0 Å². The van der Waals surface area contributed by atoms with Gasteiger partial charge in [-0.05, 0) is 36.8 Å². The monoisotopic (exact) mass is 333 g/mol. The molecular formula is C14H11ClF3NOS. The molecular weight excluding hydrogens is 323 g/mol. The van der Waals surface area contributed by atoms with E-state index in [9.17, 15) is 18.0 Å². The van der Waals surface area contributed by atoms with E-state index >= 15 is 0 Å². The minimum Gasteiger partial charge on any atom is -0.345 e. The van der Waals surface area contributed by atoms with E-state index in [-0.39, 0.29) is 5.91 Å². The van der Waals surface area contributed by atoms with Crippen molar-refractivity contribution in [1.82, 2.24) is 5.32 Å². The van der Waals surface area contributed by atoms with Crippen LogP contribution in [-0.2, 0) is 6.18 Å². The van der Waals surface area contributed by atoms with E-state index in [1.165, 1.54) is 12.1 Å². The van der Waals surface area contributed by atoms with E-state index in [2.05, 4.69) is 5.32 Å². The lowest BCUT2D eigenvalue weighted by Crippen LogP contribution is -2.25. The van der Waals surface area contributed by atoms with Crippen LogP contribution in [0.25, 0.3) is 0 Å². The summed E-state index contributed by atoms with van der Waals surface area (Å²) in [6.45, 7) is 1.70. The summed E-state index contributed by atoms with van der Waals surface area (Å²) in [5.41, 5.74) is -0.117. The van der Waals surface area contributed by atoms with Crippen LogP contribution in [0.1, 0.15) is 33.8 Å². The van der Waals surface area contributed by atoms with Crippen LogP contribution in [0.15, 0.2) is 36.4 Å². The summed E-state index contributed by atoms with van der Waals surface area (Å²) in [4.78, 5) is 12.4.